The molecule has 1 aromatic rings. The third-order valence-electron chi connectivity index (χ3n) is 2.51. The molecule has 0 bridgehead atoms. The van der Waals surface area contributed by atoms with E-state index in [1.165, 1.54) is 0 Å². The zero-order valence-corrected chi connectivity index (χ0v) is 12.8. The fourth-order valence-electron chi connectivity index (χ4n) is 1.61. The van der Waals surface area contributed by atoms with Gasteiger partial charge < -0.3 is 16.0 Å². The molecule has 0 radical (unpaired) electrons. The highest BCUT2D eigenvalue weighted by molar-refractivity contribution is 5.95. The Kier molecular flexibility index (Phi) is 5.96. The molecule has 21 heavy (non-hydrogen) atoms. The predicted molar refractivity (Wildman–Crippen MR) is 85.4 cm³/mol. The topological polar surface area (TPSA) is 70.2 Å². The molecule has 0 aliphatic heterocycles. The standard InChI is InChI=1S/C16H23N3O2/c1-5-9-17-14(20)11-18-13-8-6-7-12(10-13)15(21)19-16(2,3)4/h5-8,10,18H,1,9,11H2,2-4H3,(H,17,20)(H,19,21). The molecule has 0 aliphatic rings. The van der Waals surface area contributed by atoms with Crippen LogP contribution in [-0.2, 0) is 4.79 Å². The Balaban J connectivity index is 2.62. The first kappa shape index (κ1) is 16.8. The molecule has 0 atom stereocenters. The Labute approximate surface area is 125 Å². The van der Waals surface area contributed by atoms with E-state index in [-0.39, 0.29) is 23.9 Å². The molecule has 0 aromatic heterocycles. The van der Waals surface area contributed by atoms with E-state index in [4.69, 9.17) is 0 Å². The van der Waals surface area contributed by atoms with E-state index in [9.17, 15) is 9.59 Å². The highest BCUT2D eigenvalue weighted by Crippen LogP contribution is 2.11. The molecule has 0 saturated carbocycles. The largest absolute Gasteiger partial charge is 0.376 e. The van der Waals surface area contributed by atoms with E-state index in [2.05, 4.69) is 22.5 Å². The molecule has 0 saturated heterocycles. The summed E-state index contributed by atoms with van der Waals surface area (Å²) in [6.45, 7) is 9.90. The van der Waals surface area contributed by atoms with Crippen LogP contribution < -0.4 is 16.0 Å². The van der Waals surface area contributed by atoms with Crippen LogP contribution >= 0.6 is 0 Å². The van der Waals surface area contributed by atoms with E-state index in [0.717, 1.165) is 5.69 Å². The summed E-state index contributed by atoms with van der Waals surface area (Å²) in [5.41, 5.74) is 0.997. The average Bonchev–Trinajstić information content (AvgIpc) is 2.41. The fraction of sp³-hybridized carbons (Fsp3) is 0.375. The molecule has 0 fully saturated rings. The Bertz CT molecular complexity index is 518. The second-order valence-corrected chi connectivity index (χ2v) is 5.73. The predicted octanol–water partition coefficient (Wildman–Crippen LogP) is 1.93. The highest BCUT2D eigenvalue weighted by Gasteiger charge is 2.15. The van der Waals surface area contributed by atoms with Crippen molar-refractivity contribution in [3.63, 3.8) is 0 Å². The maximum Gasteiger partial charge on any atom is 0.251 e. The molecule has 3 N–H and O–H groups in total. The van der Waals surface area contributed by atoms with Gasteiger partial charge in [-0.1, -0.05) is 12.1 Å². The van der Waals surface area contributed by atoms with E-state index >= 15 is 0 Å². The van der Waals surface area contributed by atoms with Gasteiger partial charge in [-0.05, 0) is 39.0 Å². The molecule has 0 unspecified atom stereocenters. The van der Waals surface area contributed by atoms with Gasteiger partial charge in [-0.25, -0.2) is 0 Å². The lowest BCUT2D eigenvalue weighted by molar-refractivity contribution is -0.119. The molecule has 1 rings (SSSR count). The quantitative estimate of drug-likeness (QED) is 0.701. The lowest BCUT2D eigenvalue weighted by atomic mass is 10.1. The Morgan fingerprint density at radius 3 is 2.62 bits per heavy atom. The molecule has 5 nitrogen and oxygen atoms in total. The summed E-state index contributed by atoms with van der Waals surface area (Å²) in [4.78, 5) is 23.5. The van der Waals surface area contributed by atoms with Crippen LogP contribution in [0.2, 0.25) is 0 Å². The molecule has 0 spiro atoms. The minimum absolute atomic E-state index is 0.126. The van der Waals surface area contributed by atoms with Crippen LogP contribution in [0.25, 0.3) is 0 Å². The molecule has 114 valence electrons. The second-order valence-electron chi connectivity index (χ2n) is 5.73. The summed E-state index contributed by atoms with van der Waals surface area (Å²) in [5, 5.41) is 8.56. The Morgan fingerprint density at radius 2 is 2.00 bits per heavy atom. The average molecular weight is 289 g/mol. The summed E-state index contributed by atoms with van der Waals surface area (Å²) < 4.78 is 0. The number of hydrogen-bond donors (Lipinski definition) is 3. The van der Waals surface area contributed by atoms with E-state index < -0.39 is 0 Å². The van der Waals surface area contributed by atoms with E-state index in [1.54, 1.807) is 24.3 Å². The van der Waals surface area contributed by atoms with Crippen molar-refractivity contribution in [2.75, 3.05) is 18.4 Å². The van der Waals surface area contributed by atoms with Gasteiger partial charge in [0, 0.05) is 23.3 Å². The van der Waals surface area contributed by atoms with Gasteiger partial charge in [0.05, 0.1) is 6.54 Å². The third-order valence-corrected chi connectivity index (χ3v) is 2.51. The number of amides is 2. The number of carbonyl (C=O) groups is 2. The monoisotopic (exact) mass is 289 g/mol. The maximum atomic E-state index is 12.1. The van der Waals surface area contributed by atoms with Crippen molar-refractivity contribution >= 4 is 17.5 Å². The summed E-state index contributed by atoms with van der Waals surface area (Å²) in [6, 6.07) is 7.06. The van der Waals surface area contributed by atoms with Crippen molar-refractivity contribution in [3.8, 4) is 0 Å². The van der Waals surface area contributed by atoms with Gasteiger partial charge in [0.25, 0.3) is 5.91 Å². The molecule has 1 aromatic carbocycles. The summed E-state index contributed by atoms with van der Waals surface area (Å²) in [6.07, 6.45) is 1.62. The summed E-state index contributed by atoms with van der Waals surface area (Å²) in [5.74, 6) is -0.262. The summed E-state index contributed by atoms with van der Waals surface area (Å²) >= 11 is 0. The van der Waals surface area contributed by atoms with Crippen LogP contribution in [-0.4, -0.2) is 30.4 Å². The SMILES string of the molecule is C=CCNC(=O)CNc1cccc(C(=O)NC(C)(C)C)c1. The minimum atomic E-state index is -0.287. The van der Waals surface area contributed by atoms with Gasteiger partial charge in [0.1, 0.15) is 0 Å². The van der Waals surface area contributed by atoms with Crippen LogP contribution in [0.5, 0.6) is 0 Å². The first-order chi connectivity index (χ1) is 9.81. The molecule has 0 aliphatic carbocycles. The molecular weight excluding hydrogens is 266 g/mol. The zero-order chi connectivity index (χ0) is 15.9. The number of carbonyl (C=O) groups excluding carboxylic acids is 2. The molecular formula is C16H23N3O2. The first-order valence-electron chi connectivity index (χ1n) is 6.86. The Hall–Kier alpha value is -2.30. The van der Waals surface area contributed by atoms with Gasteiger partial charge in [-0.15, -0.1) is 6.58 Å². The van der Waals surface area contributed by atoms with Crippen LogP contribution in [0.4, 0.5) is 5.69 Å². The first-order valence-corrected chi connectivity index (χ1v) is 6.86. The number of nitrogens with one attached hydrogen (secondary N) is 3. The van der Waals surface area contributed by atoms with E-state index in [0.29, 0.717) is 12.1 Å². The normalized spacial score (nSPS) is 10.6. The maximum absolute atomic E-state index is 12.1. The van der Waals surface area contributed by atoms with Crippen molar-refractivity contribution < 1.29 is 9.59 Å². The smallest absolute Gasteiger partial charge is 0.251 e. The van der Waals surface area contributed by atoms with Crippen LogP contribution in [0.15, 0.2) is 36.9 Å². The number of rotatable bonds is 6. The molecule has 2 amide bonds. The van der Waals surface area contributed by atoms with Crippen molar-refractivity contribution in [1.29, 1.82) is 0 Å². The van der Waals surface area contributed by atoms with Crippen molar-refractivity contribution in [3.05, 3.63) is 42.5 Å². The lowest BCUT2D eigenvalue weighted by Crippen LogP contribution is -2.40. The minimum Gasteiger partial charge on any atom is -0.376 e. The summed E-state index contributed by atoms with van der Waals surface area (Å²) in [7, 11) is 0. The zero-order valence-electron chi connectivity index (χ0n) is 12.8. The van der Waals surface area contributed by atoms with Gasteiger partial charge in [-0.2, -0.15) is 0 Å². The van der Waals surface area contributed by atoms with Gasteiger partial charge in [-0.3, -0.25) is 9.59 Å². The van der Waals surface area contributed by atoms with Crippen molar-refractivity contribution in [2.24, 2.45) is 0 Å². The van der Waals surface area contributed by atoms with E-state index in [1.807, 2.05) is 26.8 Å². The molecule has 0 heterocycles. The number of anilines is 1. The lowest BCUT2D eigenvalue weighted by Gasteiger charge is -2.20. The van der Waals surface area contributed by atoms with Gasteiger partial charge >= 0.3 is 0 Å². The Morgan fingerprint density at radius 1 is 1.29 bits per heavy atom. The molecule has 5 heteroatoms. The van der Waals surface area contributed by atoms with Crippen LogP contribution in [0.3, 0.4) is 0 Å². The van der Waals surface area contributed by atoms with Crippen LogP contribution in [0.1, 0.15) is 31.1 Å². The fourth-order valence-corrected chi connectivity index (χ4v) is 1.61. The van der Waals surface area contributed by atoms with Crippen molar-refractivity contribution in [1.82, 2.24) is 10.6 Å². The van der Waals surface area contributed by atoms with Crippen LogP contribution in [0, 0.1) is 0 Å². The number of hydrogen-bond acceptors (Lipinski definition) is 3. The second kappa shape index (κ2) is 7.47. The number of benzene rings is 1. The highest BCUT2D eigenvalue weighted by atomic mass is 16.2. The van der Waals surface area contributed by atoms with Crippen molar-refractivity contribution in [2.45, 2.75) is 26.3 Å². The van der Waals surface area contributed by atoms with Gasteiger partial charge in [0.2, 0.25) is 5.91 Å². The van der Waals surface area contributed by atoms with Gasteiger partial charge in [0.15, 0.2) is 0 Å². The third kappa shape index (κ3) is 6.61.